The van der Waals surface area contributed by atoms with Gasteiger partial charge in [0.25, 0.3) is 0 Å². The van der Waals surface area contributed by atoms with E-state index in [4.69, 9.17) is 18.5 Å². The molecule has 0 saturated carbocycles. The number of ether oxygens (including phenoxy) is 2. The molecule has 0 bridgehead atoms. The van der Waals surface area contributed by atoms with Crippen LogP contribution in [0.15, 0.2) is 54.6 Å². The van der Waals surface area contributed by atoms with Gasteiger partial charge in [0.05, 0.1) is 40.1 Å². The third-order valence-corrected chi connectivity index (χ3v) is 7.31. The molecule has 0 spiro atoms. The number of methoxy groups -OCH3 is 1. The highest BCUT2D eigenvalue weighted by Gasteiger charge is 2.27. The van der Waals surface area contributed by atoms with Gasteiger partial charge in [-0.3, -0.25) is 4.57 Å². The summed E-state index contributed by atoms with van der Waals surface area (Å²) < 4.78 is 35.9. The minimum absolute atomic E-state index is 0. The first-order valence-electron chi connectivity index (χ1n) is 10.9. The van der Waals surface area contributed by atoms with Crippen LogP contribution in [0.2, 0.25) is 0 Å². The maximum atomic E-state index is 12.8. The van der Waals surface area contributed by atoms with E-state index in [1.54, 1.807) is 7.11 Å². The van der Waals surface area contributed by atoms with Crippen LogP contribution in [0, 0.1) is 0 Å². The molecule has 2 aromatic rings. The van der Waals surface area contributed by atoms with E-state index in [1.165, 1.54) is 5.56 Å². The Kier molecular flexibility index (Phi) is 13.5. The zero-order chi connectivity index (χ0) is 22.6. The minimum Gasteiger partial charge on any atom is -1.00 e. The van der Waals surface area contributed by atoms with Gasteiger partial charge in [-0.25, -0.2) is 0 Å². The first-order chi connectivity index (χ1) is 14.9. The Labute approximate surface area is 210 Å². The van der Waals surface area contributed by atoms with Crippen molar-refractivity contribution in [1.82, 2.24) is 0 Å². The molecule has 32 heavy (non-hydrogen) atoms. The maximum Gasteiger partial charge on any atom is 0.330 e. The zero-order valence-corrected chi connectivity index (χ0v) is 22.7. The van der Waals surface area contributed by atoms with Crippen LogP contribution in [0.1, 0.15) is 25.8 Å². The molecule has 2 rings (SSSR count). The Balaban J connectivity index is 0.00000512. The molecule has 1 unspecified atom stereocenters. The number of halogens is 1. The minimum atomic E-state index is -3.03. The Morgan fingerprint density at radius 2 is 1.47 bits per heavy atom. The van der Waals surface area contributed by atoms with E-state index < -0.39 is 7.60 Å². The van der Waals surface area contributed by atoms with Gasteiger partial charge in [0, 0.05) is 12.0 Å². The molecule has 1 atom stereocenters. The number of quaternary nitrogens is 1. The van der Waals surface area contributed by atoms with Crippen molar-refractivity contribution in [3.63, 3.8) is 0 Å². The van der Waals surface area contributed by atoms with Gasteiger partial charge in [0.1, 0.15) is 19.7 Å². The van der Waals surface area contributed by atoms with Gasteiger partial charge >= 0.3 is 7.60 Å². The van der Waals surface area contributed by atoms with E-state index >= 15 is 0 Å². The summed E-state index contributed by atoms with van der Waals surface area (Å²) in [7, 11) is 0.829. The van der Waals surface area contributed by atoms with Gasteiger partial charge in [-0.1, -0.05) is 42.5 Å². The fraction of sp³-hybridized carbons (Fsp3) is 0.500. The zero-order valence-electron chi connectivity index (χ0n) is 19.7. The number of benzene rings is 2. The number of rotatable bonds is 15. The van der Waals surface area contributed by atoms with Crippen molar-refractivity contribution in [2.45, 2.75) is 26.8 Å². The summed E-state index contributed by atoms with van der Waals surface area (Å²) in [6.45, 7) is 7.53. The Morgan fingerprint density at radius 3 is 2.06 bits per heavy atom. The van der Waals surface area contributed by atoms with E-state index in [0.29, 0.717) is 26.0 Å². The van der Waals surface area contributed by atoms with Crippen molar-refractivity contribution in [1.29, 1.82) is 0 Å². The Morgan fingerprint density at radius 1 is 0.875 bits per heavy atom. The second kappa shape index (κ2) is 14.9. The van der Waals surface area contributed by atoms with Crippen molar-refractivity contribution < 1.29 is 51.5 Å². The topological polar surface area (TPSA) is 54.0 Å². The smallest absolute Gasteiger partial charge is 0.330 e. The summed E-state index contributed by atoms with van der Waals surface area (Å²) in [5.74, 6) is 1.47. The van der Waals surface area contributed by atoms with Crippen LogP contribution in [-0.4, -0.2) is 57.7 Å². The molecule has 0 saturated heterocycles. The molecule has 0 aliphatic carbocycles. The SMILES string of the molecule is CCOP(=O)(CCC[N+](C)(CCOc1ccccc1OC)Cc1ccccc1)OCC.[I-]. The maximum absolute atomic E-state index is 12.8. The van der Waals surface area contributed by atoms with E-state index in [1.807, 2.05) is 44.2 Å². The van der Waals surface area contributed by atoms with Crippen LogP contribution < -0.4 is 33.5 Å². The fourth-order valence-corrected chi connectivity index (χ4v) is 5.26. The highest BCUT2D eigenvalue weighted by atomic mass is 127. The standard InChI is InChI=1S/C24H37NO5P.HI/c1-5-29-31(26,30-6-2)20-12-17-25(3,21-22-13-8-7-9-14-22)18-19-28-24-16-11-10-15-23(24)27-4;/h7-11,13-16H,5-6,12,17-21H2,1-4H3;1H/q+1;/p-1. The summed E-state index contributed by atoms with van der Waals surface area (Å²) in [5.41, 5.74) is 1.26. The highest BCUT2D eigenvalue weighted by Crippen LogP contribution is 2.48. The number of hydrogen-bond acceptors (Lipinski definition) is 5. The van der Waals surface area contributed by atoms with Crippen LogP contribution in [0.25, 0.3) is 0 Å². The molecule has 0 heterocycles. The number of nitrogens with zero attached hydrogens (tertiary/aromatic N) is 1. The summed E-state index contributed by atoms with van der Waals surface area (Å²) in [4.78, 5) is 0. The van der Waals surface area contributed by atoms with Gasteiger partial charge in [0.2, 0.25) is 0 Å². The number of hydrogen-bond donors (Lipinski definition) is 0. The van der Waals surface area contributed by atoms with Gasteiger partial charge in [0.15, 0.2) is 11.5 Å². The van der Waals surface area contributed by atoms with Crippen molar-refractivity contribution in [3.8, 4) is 11.5 Å². The predicted octanol–water partition coefficient (Wildman–Crippen LogP) is 2.38. The number of para-hydroxylation sites is 2. The van der Waals surface area contributed by atoms with Crippen molar-refractivity contribution in [3.05, 3.63) is 60.2 Å². The number of likely N-dealkylation sites (N-methyl/N-ethyl adjacent to an activating group) is 1. The second-order valence-corrected chi connectivity index (χ2v) is 9.92. The summed E-state index contributed by atoms with van der Waals surface area (Å²) >= 11 is 0. The lowest BCUT2D eigenvalue weighted by Crippen LogP contribution is -3.00. The molecular formula is C24H37INO5P. The lowest BCUT2D eigenvalue weighted by Gasteiger charge is -2.35. The van der Waals surface area contributed by atoms with Gasteiger partial charge in [-0.05, 0) is 26.0 Å². The Hall–Kier alpha value is -1.12. The third-order valence-electron chi connectivity index (χ3n) is 5.15. The summed E-state index contributed by atoms with van der Waals surface area (Å²) in [6, 6.07) is 18.1. The van der Waals surface area contributed by atoms with Gasteiger partial charge in [-0.2, -0.15) is 0 Å². The lowest BCUT2D eigenvalue weighted by molar-refractivity contribution is -0.922. The van der Waals surface area contributed by atoms with Crippen LogP contribution in [0.4, 0.5) is 0 Å². The molecule has 0 aliphatic rings. The highest BCUT2D eigenvalue weighted by molar-refractivity contribution is 7.53. The molecule has 6 nitrogen and oxygen atoms in total. The van der Waals surface area contributed by atoms with Gasteiger partial charge in [-0.15, -0.1) is 0 Å². The van der Waals surface area contributed by atoms with E-state index in [2.05, 4.69) is 31.3 Å². The first kappa shape index (κ1) is 28.9. The van der Waals surface area contributed by atoms with Gasteiger partial charge < -0.3 is 47.0 Å². The monoisotopic (exact) mass is 577 g/mol. The lowest BCUT2D eigenvalue weighted by atomic mass is 10.2. The third kappa shape index (κ3) is 9.79. The average molecular weight is 577 g/mol. The largest absolute Gasteiger partial charge is 1.00 e. The van der Waals surface area contributed by atoms with Crippen LogP contribution in [-0.2, 0) is 20.2 Å². The van der Waals surface area contributed by atoms with Crippen LogP contribution in [0.3, 0.4) is 0 Å². The summed E-state index contributed by atoms with van der Waals surface area (Å²) in [5, 5.41) is 0. The van der Waals surface area contributed by atoms with Crippen molar-refractivity contribution in [2.24, 2.45) is 0 Å². The summed E-state index contributed by atoms with van der Waals surface area (Å²) in [6.07, 6.45) is 1.17. The Bertz CT molecular complexity index is 813. The average Bonchev–Trinajstić information content (AvgIpc) is 2.75. The molecule has 8 heteroatoms. The second-order valence-electron chi connectivity index (χ2n) is 7.73. The molecule has 0 aliphatic heterocycles. The molecule has 180 valence electrons. The molecule has 0 amide bonds. The first-order valence-corrected chi connectivity index (χ1v) is 12.7. The van der Waals surface area contributed by atoms with E-state index in [9.17, 15) is 4.57 Å². The molecule has 0 aromatic heterocycles. The fourth-order valence-electron chi connectivity index (χ4n) is 3.61. The van der Waals surface area contributed by atoms with Crippen LogP contribution >= 0.6 is 7.60 Å². The molecule has 2 aromatic carbocycles. The van der Waals surface area contributed by atoms with Crippen molar-refractivity contribution >= 4 is 7.60 Å². The molecule has 0 fully saturated rings. The molecule has 0 N–H and O–H groups in total. The van der Waals surface area contributed by atoms with E-state index in [0.717, 1.165) is 42.0 Å². The normalized spacial score (nSPS) is 13.1. The predicted molar refractivity (Wildman–Crippen MR) is 125 cm³/mol. The quantitative estimate of drug-likeness (QED) is 0.185. The van der Waals surface area contributed by atoms with Crippen LogP contribution in [0.5, 0.6) is 11.5 Å². The molecule has 0 radical (unpaired) electrons. The molecular weight excluding hydrogens is 540 g/mol. The van der Waals surface area contributed by atoms with Crippen molar-refractivity contribution in [2.75, 3.05) is 53.2 Å². The van der Waals surface area contributed by atoms with E-state index in [-0.39, 0.29) is 24.0 Å².